The van der Waals surface area contributed by atoms with E-state index in [-0.39, 0.29) is 57.2 Å². The van der Waals surface area contributed by atoms with E-state index in [1.165, 1.54) is 0 Å². The molecule has 2 fully saturated rings. The van der Waals surface area contributed by atoms with Crippen LogP contribution in [0.3, 0.4) is 0 Å². The van der Waals surface area contributed by atoms with Gasteiger partial charge in [-0.1, -0.05) is 97.7 Å². The molecule has 1 saturated heterocycles. The average molecular weight is 924 g/mol. The average Bonchev–Trinajstić information content (AvgIpc) is 3.35. The highest BCUT2D eigenvalue weighted by Gasteiger charge is 2.65. The third-order valence-corrected chi connectivity index (χ3v) is 13.2. The van der Waals surface area contributed by atoms with E-state index < -0.39 is 36.2 Å². The second-order valence-electron chi connectivity index (χ2n) is 17.7. The summed E-state index contributed by atoms with van der Waals surface area (Å²) >= 11 is 0. The van der Waals surface area contributed by atoms with Crippen LogP contribution in [0.25, 0.3) is 0 Å². The highest BCUT2D eigenvalue weighted by atomic mass is 16.8. The Bertz CT molecular complexity index is 2100. The number of rotatable bonds is 24. The predicted octanol–water partition coefficient (Wildman–Crippen LogP) is 9.20. The molecule has 1 saturated carbocycles. The molecule has 0 bridgehead atoms. The number of benzene rings is 3. The number of amides is 2. The normalized spacial score (nSPS) is 24.6. The van der Waals surface area contributed by atoms with Gasteiger partial charge in [0.05, 0.1) is 38.1 Å². The Morgan fingerprint density at radius 1 is 0.955 bits per heavy atom. The number of nitrogens with one attached hydrogen (secondary N) is 1. The van der Waals surface area contributed by atoms with Crippen LogP contribution in [-0.2, 0) is 36.9 Å². The van der Waals surface area contributed by atoms with Gasteiger partial charge in [-0.25, -0.2) is 9.59 Å². The van der Waals surface area contributed by atoms with Crippen molar-refractivity contribution in [2.75, 3.05) is 46.2 Å². The van der Waals surface area contributed by atoms with E-state index in [4.69, 9.17) is 38.4 Å². The largest absolute Gasteiger partial charge is 0.459 e. The van der Waals surface area contributed by atoms with Gasteiger partial charge in [0.25, 0.3) is 0 Å². The van der Waals surface area contributed by atoms with E-state index in [0.717, 1.165) is 60.8 Å². The second-order valence-corrected chi connectivity index (χ2v) is 17.7. The smallest absolute Gasteiger partial charge is 0.412 e. The van der Waals surface area contributed by atoms with Gasteiger partial charge in [0.2, 0.25) is 12.1 Å². The molecule has 2 heterocycles. The van der Waals surface area contributed by atoms with Gasteiger partial charge in [0, 0.05) is 50.6 Å². The minimum atomic E-state index is -1.48. The van der Waals surface area contributed by atoms with E-state index >= 15 is 0 Å². The first kappa shape index (κ1) is 49.6. The Morgan fingerprint density at radius 3 is 2.43 bits per heavy atom. The lowest BCUT2D eigenvalue weighted by atomic mass is 9.55. The fraction of sp³-hybridized carbons (Fsp3) is 0.528. The number of unbranched alkanes of at least 4 members (excludes halogenated alkanes) is 2. The Kier molecular flexibility index (Phi) is 18.7. The maximum absolute atomic E-state index is 14.6. The molecule has 3 aromatic rings. The summed E-state index contributed by atoms with van der Waals surface area (Å²) in [6, 6.07) is 24.1. The minimum absolute atomic E-state index is 0.0172. The summed E-state index contributed by atoms with van der Waals surface area (Å²) in [5.74, 6) is -1.45. The number of aliphatic hydroxyl groups excluding tert-OH is 2. The van der Waals surface area contributed by atoms with Gasteiger partial charge in [-0.15, -0.1) is 6.58 Å². The molecule has 0 radical (unpaired) electrons. The summed E-state index contributed by atoms with van der Waals surface area (Å²) in [6.45, 7) is 8.14. The van der Waals surface area contributed by atoms with E-state index in [0.29, 0.717) is 69.2 Å². The number of oxime groups is 1. The number of allylic oxidation sites excluding steroid dienone is 1. The monoisotopic (exact) mass is 923 g/mol. The molecule has 3 N–H and O–H groups in total. The summed E-state index contributed by atoms with van der Waals surface area (Å²) in [5, 5.41) is 27.8. The van der Waals surface area contributed by atoms with Crippen LogP contribution in [0.15, 0.2) is 108 Å². The van der Waals surface area contributed by atoms with Gasteiger partial charge < -0.3 is 48.8 Å². The van der Waals surface area contributed by atoms with Crippen molar-refractivity contribution in [2.24, 2.45) is 22.9 Å². The van der Waals surface area contributed by atoms with Crippen LogP contribution >= 0.6 is 0 Å². The molecule has 7 atom stereocenters. The molecule has 7 rings (SSSR count). The number of carbonyl (C=O) groups excluding carboxylic acids is 2. The summed E-state index contributed by atoms with van der Waals surface area (Å²) in [6.07, 6.45) is 10.1. The highest BCUT2D eigenvalue weighted by molar-refractivity contribution is 6.03. The van der Waals surface area contributed by atoms with Gasteiger partial charge >= 0.3 is 12.2 Å². The third-order valence-electron chi connectivity index (χ3n) is 13.2. The number of ether oxygens (including phenoxy) is 6. The summed E-state index contributed by atoms with van der Waals surface area (Å²) in [5.41, 5.74) is 4.35. The molecule has 4 aliphatic rings. The fourth-order valence-electron chi connectivity index (χ4n) is 10.2. The van der Waals surface area contributed by atoms with Gasteiger partial charge in [0.15, 0.2) is 0 Å². The topological polar surface area (TPSA) is 167 Å². The molecule has 3 aromatic carbocycles. The van der Waals surface area contributed by atoms with E-state index in [1.54, 1.807) is 17.0 Å². The molecular weight excluding hydrogens is 855 g/mol. The van der Waals surface area contributed by atoms with Crippen molar-refractivity contribution in [2.45, 2.75) is 115 Å². The number of fused-ring (bicyclic) bond motifs is 2. The minimum Gasteiger partial charge on any atom is -0.459 e. The molecule has 0 spiro atoms. The van der Waals surface area contributed by atoms with Gasteiger partial charge in [-0.3, -0.25) is 4.90 Å². The predicted molar refractivity (Wildman–Crippen MR) is 253 cm³/mol. The van der Waals surface area contributed by atoms with Crippen molar-refractivity contribution in [1.29, 1.82) is 0 Å². The summed E-state index contributed by atoms with van der Waals surface area (Å²) in [4.78, 5) is 35.9. The van der Waals surface area contributed by atoms with Crippen LogP contribution in [0.4, 0.5) is 9.59 Å². The van der Waals surface area contributed by atoms with Crippen LogP contribution < -0.4 is 14.8 Å². The van der Waals surface area contributed by atoms with Gasteiger partial charge in [0.1, 0.15) is 24.1 Å². The quantitative estimate of drug-likeness (QED) is 0.0445. The molecule has 7 unspecified atom stereocenters. The second kappa shape index (κ2) is 25.2. The lowest BCUT2D eigenvalue weighted by Gasteiger charge is -2.59. The van der Waals surface area contributed by atoms with Gasteiger partial charge in [-0.2, -0.15) is 0 Å². The molecular formula is C53H69N3O11. The van der Waals surface area contributed by atoms with Crippen LogP contribution in [0.5, 0.6) is 11.5 Å². The van der Waals surface area contributed by atoms with Gasteiger partial charge in [-0.05, 0) is 91.7 Å². The zero-order valence-electron chi connectivity index (χ0n) is 38.9. The van der Waals surface area contributed by atoms with Crippen LogP contribution in [-0.4, -0.2) is 97.3 Å². The zero-order valence-corrected chi connectivity index (χ0v) is 38.9. The number of nitrogens with zero attached hydrogens (tertiary/aromatic N) is 2. The standard InChI is InChI=1S/C53H69N3O11/c1-3-26-56(52(60)63-32-31-61-37-39-19-9-6-10-20-39)47-35-45(55-67-48-23-13-16-30-62-48)43-33-40(21-11-14-27-57)42(22-12-15-28-58)49-44-34-41(65-51(59)54-36-38-17-7-5-8-18-38)24-25-46(44)66-53(47,50(43)49)64-29-4-2/h4-10,17-20,24-25,33-34,40,42,47-50,57-58H,2-3,11-16,21-23,26-32,35-37H2,1H3,(H,54,59). The van der Waals surface area contributed by atoms with E-state index in [2.05, 4.69) is 18.0 Å². The van der Waals surface area contributed by atoms with Crippen molar-refractivity contribution in [3.05, 3.63) is 120 Å². The lowest BCUT2D eigenvalue weighted by Crippen LogP contribution is -2.70. The fourth-order valence-corrected chi connectivity index (χ4v) is 10.2. The Balaban J connectivity index is 1.31. The number of hydrogen-bond donors (Lipinski definition) is 3. The third kappa shape index (κ3) is 12.6. The van der Waals surface area contributed by atoms with Crippen molar-refractivity contribution in [1.82, 2.24) is 10.2 Å². The lowest BCUT2D eigenvalue weighted by molar-refractivity contribution is -0.255. The molecule has 0 aromatic heterocycles. The number of aliphatic hydroxyl groups is 2. The van der Waals surface area contributed by atoms with Crippen LogP contribution in [0.2, 0.25) is 0 Å². The Morgan fingerprint density at radius 2 is 1.72 bits per heavy atom. The van der Waals surface area contributed by atoms with Crippen molar-refractivity contribution < 1.29 is 53.1 Å². The summed E-state index contributed by atoms with van der Waals surface area (Å²) in [7, 11) is 0. The van der Waals surface area contributed by atoms with Crippen molar-refractivity contribution in [3.8, 4) is 11.5 Å². The van der Waals surface area contributed by atoms with Crippen molar-refractivity contribution >= 4 is 17.9 Å². The zero-order chi connectivity index (χ0) is 46.9. The molecule has 2 amide bonds. The first-order valence-corrected chi connectivity index (χ1v) is 24.3. The maximum Gasteiger partial charge on any atom is 0.412 e. The maximum atomic E-state index is 14.6. The molecule has 2 aliphatic carbocycles. The van der Waals surface area contributed by atoms with Crippen molar-refractivity contribution in [3.63, 3.8) is 0 Å². The molecule has 2 aliphatic heterocycles. The SMILES string of the molecule is C=CCOC12Oc3ccc(OC(=O)NCc4ccccc4)cc3C3C(CCCCO)C(CCCCO)C=C(C(=NOC4CCCCO4)CC1N(CCC)C(=O)OCCOCc1ccccc1)C32. The summed E-state index contributed by atoms with van der Waals surface area (Å²) < 4.78 is 38.3. The first-order chi connectivity index (χ1) is 32.9. The highest BCUT2D eigenvalue weighted by Crippen LogP contribution is 2.62. The molecule has 362 valence electrons. The first-order valence-electron chi connectivity index (χ1n) is 24.3. The van der Waals surface area contributed by atoms with Crippen LogP contribution in [0, 0.1) is 17.8 Å². The Hall–Kier alpha value is -5.25. The molecule has 14 heteroatoms. The van der Waals surface area contributed by atoms with E-state index in [9.17, 15) is 19.8 Å². The molecule has 14 nitrogen and oxygen atoms in total. The van der Waals surface area contributed by atoms with Crippen LogP contribution in [0.1, 0.15) is 100 Å². The molecule has 67 heavy (non-hydrogen) atoms. The Labute approximate surface area is 395 Å². The number of hydrogen-bond acceptors (Lipinski definition) is 12. The number of carbonyl (C=O) groups is 2. The van der Waals surface area contributed by atoms with E-state index in [1.807, 2.05) is 79.7 Å².